The molecule has 0 saturated carbocycles. The highest BCUT2D eigenvalue weighted by atomic mass is 16.5. The standard InChI is InChI=1S/C14H23N3O/c1-15-9-11-5-4-8-17(2)14(11)12-6-7-13(18-3)16-10-12/h6-7,10-11,14-15H,4-5,8-9H2,1-3H3. The summed E-state index contributed by atoms with van der Waals surface area (Å²) in [6, 6.07) is 4.56. The van der Waals surface area contributed by atoms with E-state index in [-0.39, 0.29) is 0 Å². The molecule has 0 aliphatic carbocycles. The molecule has 0 amide bonds. The second-order valence-electron chi connectivity index (χ2n) is 5.02. The molecule has 2 unspecified atom stereocenters. The molecule has 4 nitrogen and oxygen atoms in total. The average Bonchev–Trinajstić information content (AvgIpc) is 2.40. The van der Waals surface area contributed by atoms with Crippen molar-refractivity contribution in [2.24, 2.45) is 5.92 Å². The third kappa shape index (κ3) is 2.82. The Hall–Kier alpha value is -1.13. The molecular weight excluding hydrogens is 226 g/mol. The van der Waals surface area contributed by atoms with Crippen LogP contribution < -0.4 is 10.1 Å². The fourth-order valence-electron chi connectivity index (χ4n) is 2.95. The molecule has 4 heteroatoms. The maximum Gasteiger partial charge on any atom is 0.212 e. The minimum Gasteiger partial charge on any atom is -0.481 e. The number of hydrogen-bond acceptors (Lipinski definition) is 4. The quantitative estimate of drug-likeness (QED) is 0.881. The fraction of sp³-hybridized carbons (Fsp3) is 0.643. The molecule has 18 heavy (non-hydrogen) atoms. The van der Waals surface area contributed by atoms with Crippen molar-refractivity contribution in [2.75, 3.05) is 34.3 Å². The molecule has 1 saturated heterocycles. The van der Waals surface area contributed by atoms with E-state index >= 15 is 0 Å². The van der Waals surface area contributed by atoms with E-state index in [2.05, 4.69) is 28.3 Å². The summed E-state index contributed by atoms with van der Waals surface area (Å²) >= 11 is 0. The summed E-state index contributed by atoms with van der Waals surface area (Å²) in [5.74, 6) is 1.34. The normalized spacial score (nSPS) is 25.1. The Bertz CT molecular complexity index is 364. The van der Waals surface area contributed by atoms with Gasteiger partial charge in [-0.15, -0.1) is 0 Å². The Kier molecular flexibility index (Phi) is 4.55. The Morgan fingerprint density at radius 3 is 2.94 bits per heavy atom. The molecule has 0 aromatic carbocycles. The van der Waals surface area contributed by atoms with Gasteiger partial charge in [-0.3, -0.25) is 4.90 Å². The van der Waals surface area contributed by atoms with Crippen LogP contribution in [-0.2, 0) is 0 Å². The third-order valence-corrected chi connectivity index (χ3v) is 3.78. The molecule has 0 bridgehead atoms. The van der Waals surface area contributed by atoms with Crippen LogP contribution in [0.4, 0.5) is 0 Å². The lowest BCUT2D eigenvalue weighted by molar-refractivity contribution is 0.120. The first-order chi connectivity index (χ1) is 8.76. The van der Waals surface area contributed by atoms with Crippen LogP contribution in [0.2, 0.25) is 0 Å². The van der Waals surface area contributed by atoms with E-state index in [9.17, 15) is 0 Å². The number of nitrogens with one attached hydrogen (secondary N) is 1. The third-order valence-electron chi connectivity index (χ3n) is 3.78. The summed E-state index contributed by atoms with van der Waals surface area (Å²) < 4.78 is 5.12. The van der Waals surface area contributed by atoms with Crippen LogP contribution >= 0.6 is 0 Å². The molecule has 1 aliphatic rings. The zero-order chi connectivity index (χ0) is 13.0. The van der Waals surface area contributed by atoms with Crippen LogP contribution in [0.15, 0.2) is 18.3 Å². The SMILES string of the molecule is CNCC1CCCN(C)C1c1ccc(OC)nc1. The summed E-state index contributed by atoms with van der Waals surface area (Å²) in [6.45, 7) is 2.22. The molecule has 1 fully saturated rings. The number of likely N-dealkylation sites (tertiary alicyclic amines) is 1. The van der Waals surface area contributed by atoms with E-state index < -0.39 is 0 Å². The number of piperidine rings is 1. The average molecular weight is 249 g/mol. The molecule has 1 N–H and O–H groups in total. The molecule has 1 aromatic heterocycles. The van der Waals surface area contributed by atoms with E-state index in [1.807, 2.05) is 19.3 Å². The summed E-state index contributed by atoms with van der Waals surface area (Å²) in [5.41, 5.74) is 1.29. The van der Waals surface area contributed by atoms with Crippen molar-refractivity contribution in [1.82, 2.24) is 15.2 Å². The lowest BCUT2D eigenvalue weighted by atomic mass is 9.85. The smallest absolute Gasteiger partial charge is 0.212 e. The summed E-state index contributed by atoms with van der Waals surface area (Å²) in [4.78, 5) is 6.77. The predicted octanol–water partition coefficient (Wildman–Crippen LogP) is 1.69. The maximum absolute atomic E-state index is 5.12. The van der Waals surface area contributed by atoms with Gasteiger partial charge < -0.3 is 10.1 Å². The van der Waals surface area contributed by atoms with E-state index in [1.165, 1.54) is 18.4 Å². The van der Waals surface area contributed by atoms with Gasteiger partial charge in [-0.1, -0.05) is 6.07 Å². The number of nitrogens with zero attached hydrogens (tertiary/aromatic N) is 2. The van der Waals surface area contributed by atoms with Crippen LogP contribution in [0, 0.1) is 5.92 Å². The zero-order valence-electron chi connectivity index (χ0n) is 11.5. The van der Waals surface area contributed by atoms with E-state index in [0.29, 0.717) is 17.8 Å². The molecule has 100 valence electrons. The highest BCUT2D eigenvalue weighted by Gasteiger charge is 2.30. The lowest BCUT2D eigenvalue weighted by Gasteiger charge is -2.39. The van der Waals surface area contributed by atoms with Crippen LogP contribution in [0.3, 0.4) is 0 Å². The molecule has 0 radical (unpaired) electrons. The van der Waals surface area contributed by atoms with Gasteiger partial charge in [0.1, 0.15) is 0 Å². The van der Waals surface area contributed by atoms with Crippen molar-refractivity contribution in [3.05, 3.63) is 23.9 Å². The molecule has 2 heterocycles. The van der Waals surface area contributed by atoms with Crippen molar-refractivity contribution in [1.29, 1.82) is 0 Å². The Morgan fingerprint density at radius 2 is 2.33 bits per heavy atom. The van der Waals surface area contributed by atoms with Gasteiger partial charge in [0.25, 0.3) is 0 Å². The monoisotopic (exact) mass is 249 g/mol. The maximum atomic E-state index is 5.12. The van der Waals surface area contributed by atoms with Crippen LogP contribution in [-0.4, -0.2) is 44.2 Å². The Morgan fingerprint density at radius 1 is 1.50 bits per heavy atom. The number of rotatable bonds is 4. The molecular formula is C14H23N3O. The van der Waals surface area contributed by atoms with Gasteiger partial charge in [0, 0.05) is 18.3 Å². The van der Waals surface area contributed by atoms with Crippen molar-refractivity contribution in [3.63, 3.8) is 0 Å². The summed E-state index contributed by atoms with van der Waals surface area (Å²) in [5, 5.41) is 3.31. The second-order valence-corrected chi connectivity index (χ2v) is 5.02. The van der Waals surface area contributed by atoms with Gasteiger partial charge in [-0.2, -0.15) is 0 Å². The first-order valence-electron chi connectivity index (χ1n) is 6.61. The largest absolute Gasteiger partial charge is 0.481 e. The van der Waals surface area contributed by atoms with Crippen LogP contribution in [0.25, 0.3) is 0 Å². The molecule has 0 spiro atoms. The number of methoxy groups -OCH3 is 1. The van der Waals surface area contributed by atoms with Gasteiger partial charge in [0.2, 0.25) is 5.88 Å². The van der Waals surface area contributed by atoms with E-state index in [4.69, 9.17) is 4.74 Å². The topological polar surface area (TPSA) is 37.4 Å². The van der Waals surface area contributed by atoms with Crippen LogP contribution in [0.5, 0.6) is 5.88 Å². The molecule has 1 aliphatic heterocycles. The zero-order valence-corrected chi connectivity index (χ0v) is 11.5. The Balaban J connectivity index is 2.19. The lowest BCUT2D eigenvalue weighted by Crippen LogP contribution is -2.39. The van der Waals surface area contributed by atoms with Crippen molar-refractivity contribution in [3.8, 4) is 5.88 Å². The predicted molar refractivity (Wildman–Crippen MR) is 72.8 cm³/mol. The van der Waals surface area contributed by atoms with E-state index in [0.717, 1.165) is 13.1 Å². The molecule has 1 aromatic rings. The first-order valence-corrected chi connectivity index (χ1v) is 6.61. The molecule has 2 atom stereocenters. The van der Waals surface area contributed by atoms with E-state index in [1.54, 1.807) is 7.11 Å². The van der Waals surface area contributed by atoms with Gasteiger partial charge in [-0.25, -0.2) is 4.98 Å². The van der Waals surface area contributed by atoms with Gasteiger partial charge in [0.05, 0.1) is 7.11 Å². The first kappa shape index (κ1) is 13.3. The number of aromatic nitrogens is 1. The number of pyridine rings is 1. The van der Waals surface area contributed by atoms with Gasteiger partial charge in [0.15, 0.2) is 0 Å². The van der Waals surface area contributed by atoms with Crippen molar-refractivity contribution >= 4 is 0 Å². The summed E-state index contributed by atoms with van der Waals surface area (Å²) in [7, 11) is 5.88. The minimum absolute atomic E-state index is 0.463. The highest BCUT2D eigenvalue weighted by Crippen LogP contribution is 2.34. The van der Waals surface area contributed by atoms with Gasteiger partial charge >= 0.3 is 0 Å². The molecule has 2 rings (SSSR count). The Labute approximate surface area is 109 Å². The summed E-state index contributed by atoms with van der Waals surface area (Å²) in [6.07, 6.45) is 4.51. The number of ether oxygens (including phenoxy) is 1. The second kappa shape index (κ2) is 6.16. The minimum atomic E-state index is 0.463. The fourth-order valence-corrected chi connectivity index (χ4v) is 2.95. The van der Waals surface area contributed by atoms with Gasteiger partial charge in [-0.05, 0) is 51.5 Å². The van der Waals surface area contributed by atoms with Crippen molar-refractivity contribution in [2.45, 2.75) is 18.9 Å². The van der Waals surface area contributed by atoms with Crippen LogP contribution in [0.1, 0.15) is 24.4 Å². The highest BCUT2D eigenvalue weighted by molar-refractivity contribution is 5.22. The number of hydrogen-bond donors (Lipinski definition) is 1. The van der Waals surface area contributed by atoms with Crippen molar-refractivity contribution < 1.29 is 4.74 Å².